The first-order valence-electron chi connectivity index (χ1n) is 11.3. The molecule has 0 unspecified atom stereocenters. The first-order valence-corrected chi connectivity index (χ1v) is 11.7. The number of ether oxygens (including phenoxy) is 1. The highest BCUT2D eigenvalue weighted by atomic mass is 35.5. The summed E-state index contributed by atoms with van der Waals surface area (Å²) in [6.45, 7) is 3.05. The molecule has 33 heavy (non-hydrogen) atoms. The summed E-state index contributed by atoms with van der Waals surface area (Å²) in [5.74, 6) is 2.59. The van der Waals surface area contributed by atoms with Gasteiger partial charge < -0.3 is 19.0 Å². The molecule has 1 aliphatic heterocycles. The van der Waals surface area contributed by atoms with Crippen molar-refractivity contribution in [3.8, 4) is 0 Å². The van der Waals surface area contributed by atoms with Crippen molar-refractivity contribution in [2.45, 2.75) is 31.8 Å². The van der Waals surface area contributed by atoms with Gasteiger partial charge in [-0.2, -0.15) is 0 Å². The summed E-state index contributed by atoms with van der Waals surface area (Å²) in [4.78, 5) is 26.8. The summed E-state index contributed by atoms with van der Waals surface area (Å²) in [6.07, 6.45) is 4.46. The third kappa shape index (κ3) is 4.89. The van der Waals surface area contributed by atoms with Gasteiger partial charge in [-0.25, -0.2) is 9.97 Å². The van der Waals surface area contributed by atoms with E-state index in [1.165, 1.54) is 6.26 Å². The van der Waals surface area contributed by atoms with Crippen LogP contribution in [0.3, 0.4) is 0 Å². The number of furan rings is 1. The topological polar surface area (TPSA) is 71.7 Å². The number of halogens is 1. The van der Waals surface area contributed by atoms with Crippen molar-refractivity contribution in [2.24, 2.45) is 0 Å². The van der Waals surface area contributed by atoms with Crippen LogP contribution >= 0.6 is 11.6 Å². The number of hydrogen-bond acceptors (Lipinski definition) is 6. The van der Waals surface area contributed by atoms with Crippen molar-refractivity contribution in [3.05, 3.63) is 76.1 Å². The molecule has 3 aromatic rings. The van der Waals surface area contributed by atoms with Gasteiger partial charge in [0.05, 0.1) is 18.6 Å². The number of methoxy groups -OCH3 is 1. The third-order valence-corrected chi connectivity index (χ3v) is 6.42. The van der Waals surface area contributed by atoms with Crippen molar-refractivity contribution in [1.82, 2.24) is 14.9 Å². The minimum absolute atomic E-state index is 0.0692. The average Bonchev–Trinajstić information content (AvgIpc) is 3.53. The number of hydrogen-bond donors (Lipinski definition) is 0. The molecular formula is C25H27ClN4O3. The number of aromatic nitrogens is 2. The number of anilines is 1. The lowest BCUT2D eigenvalue weighted by molar-refractivity contribution is 0.0714. The number of nitrogens with zero attached hydrogens (tertiary/aromatic N) is 4. The molecule has 2 aliphatic rings. The lowest BCUT2D eigenvalue weighted by atomic mass is 10.0. The Balaban J connectivity index is 1.44. The van der Waals surface area contributed by atoms with E-state index in [9.17, 15) is 4.79 Å². The first kappa shape index (κ1) is 21.9. The van der Waals surface area contributed by atoms with Gasteiger partial charge in [-0.1, -0.05) is 23.7 Å². The van der Waals surface area contributed by atoms with E-state index >= 15 is 0 Å². The van der Waals surface area contributed by atoms with E-state index in [2.05, 4.69) is 11.0 Å². The molecule has 2 fully saturated rings. The van der Waals surface area contributed by atoms with Crippen LogP contribution in [-0.2, 0) is 17.8 Å². The molecule has 0 atom stereocenters. The van der Waals surface area contributed by atoms with E-state index < -0.39 is 0 Å². The fraction of sp³-hybridized carbons (Fsp3) is 0.400. The molecule has 1 saturated heterocycles. The lowest BCUT2D eigenvalue weighted by Gasteiger charge is -2.36. The summed E-state index contributed by atoms with van der Waals surface area (Å²) in [7, 11) is 1.70. The van der Waals surface area contributed by atoms with E-state index in [1.54, 1.807) is 19.2 Å². The zero-order valence-electron chi connectivity index (χ0n) is 18.7. The van der Waals surface area contributed by atoms with Crippen LogP contribution < -0.4 is 4.90 Å². The molecule has 1 aliphatic carbocycles. The van der Waals surface area contributed by atoms with Crippen molar-refractivity contribution >= 4 is 23.3 Å². The Morgan fingerprint density at radius 1 is 1.15 bits per heavy atom. The van der Waals surface area contributed by atoms with E-state index in [0.717, 1.165) is 41.3 Å². The minimum Gasteiger partial charge on any atom is -0.459 e. The van der Waals surface area contributed by atoms with E-state index in [-0.39, 0.29) is 5.91 Å². The molecule has 2 aromatic heterocycles. The van der Waals surface area contributed by atoms with Crippen LogP contribution in [0.5, 0.6) is 0 Å². The standard InChI is InChI=1S/C25H27ClN4O3/c1-32-16-21-20(15-17-4-2-5-19(26)14-17)24(28-23(27-21)18-7-8-18)29-9-11-30(12-10-29)25(31)22-6-3-13-33-22/h2-6,13-14,18H,7-12,15-16H2,1H3. The molecule has 0 N–H and O–H groups in total. The Labute approximate surface area is 198 Å². The van der Waals surface area contributed by atoms with Gasteiger partial charge in [0.15, 0.2) is 5.76 Å². The van der Waals surface area contributed by atoms with Crippen molar-refractivity contribution in [1.29, 1.82) is 0 Å². The molecule has 3 heterocycles. The van der Waals surface area contributed by atoms with E-state index in [4.69, 9.17) is 30.7 Å². The van der Waals surface area contributed by atoms with Gasteiger partial charge in [0, 0.05) is 56.2 Å². The smallest absolute Gasteiger partial charge is 0.289 e. The van der Waals surface area contributed by atoms with Crippen molar-refractivity contribution in [2.75, 3.05) is 38.2 Å². The first-order chi connectivity index (χ1) is 16.1. The van der Waals surface area contributed by atoms with Crippen LogP contribution in [0.25, 0.3) is 0 Å². The van der Waals surface area contributed by atoms with Gasteiger partial charge in [0.25, 0.3) is 5.91 Å². The van der Waals surface area contributed by atoms with Crippen LogP contribution in [0.1, 0.15) is 52.0 Å². The molecule has 8 heteroatoms. The van der Waals surface area contributed by atoms with Gasteiger partial charge in [0.2, 0.25) is 0 Å². The Kier molecular flexibility index (Phi) is 6.33. The number of carbonyl (C=O) groups is 1. The summed E-state index contributed by atoms with van der Waals surface area (Å²) in [5.41, 5.74) is 3.10. The number of rotatable bonds is 7. The van der Waals surface area contributed by atoms with E-state index in [0.29, 0.717) is 55.9 Å². The Morgan fingerprint density at radius 3 is 2.64 bits per heavy atom. The number of amides is 1. The second-order valence-corrected chi connectivity index (χ2v) is 9.04. The monoisotopic (exact) mass is 466 g/mol. The fourth-order valence-electron chi connectivity index (χ4n) is 4.29. The van der Waals surface area contributed by atoms with Gasteiger partial charge in [-0.05, 0) is 42.7 Å². The largest absolute Gasteiger partial charge is 0.459 e. The molecule has 1 amide bonds. The van der Waals surface area contributed by atoms with Crippen LogP contribution in [-0.4, -0.2) is 54.1 Å². The van der Waals surface area contributed by atoms with Crippen LogP contribution in [0.15, 0.2) is 47.1 Å². The van der Waals surface area contributed by atoms with E-state index in [1.807, 2.05) is 23.1 Å². The summed E-state index contributed by atoms with van der Waals surface area (Å²) in [6, 6.07) is 11.3. The van der Waals surface area contributed by atoms with Crippen LogP contribution in [0, 0.1) is 0 Å². The Hall–Kier alpha value is -2.90. The average molecular weight is 467 g/mol. The highest BCUT2D eigenvalue weighted by Gasteiger charge is 2.31. The maximum Gasteiger partial charge on any atom is 0.289 e. The Morgan fingerprint density at radius 2 is 1.97 bits per heavy atom. The summed E-state index contributed by atoms with van der Waals surface area (Å²) in [5, 5.41) is 0.711. The second-order valence-electron chi connectivity index (χ2n) is 8.60. The normalized spacial score (nSPS) is 16.3. The summed E-state index contributed by atoms with van der Waals surface area (Å²) >= 11 is 6.25. The van der Waals surface area contributed by atoms with Gasteiger partial charge >= 0.3 is 0 Å². The maximum absolute atomic E-state index is 12.7. The highest BCUT2D eigenvalue weighted by molar-refractivity contribution is 6.30. The molecule has 1 saturated carbocycles. The molecule has 7 nitrogen and oxygen atoms in total. The zero-order chi connectivity index (χ0) is 22.8. The fourth-order valence-corrected chi connectivity index (χ4v) is 4.50. The second kappa shape index (κ2) is 9.53. The molecule has 1 aromatic carbocycles. The lowest BCUT2D eigenvalue weighted by Crippen LogP contribution is -2.49. The van der Waals surface area contributed by atoms with Crippen LogP contribution in [0.2, 0.25) is 5.02 Å². The zero-order valence-corrected chi connectivity index (χ0v) is 19.4. The Bertz CT molecular complexity index is 1120. The number of carbonyl (C=O) groups excluding carboxylic acids is 1. The molecule has 5 rings (SSSR count). The molecule has 172 valence electrons. The van der Waals surface area contributed by atoms with Crippen LogP contribution in [0.4, 0.5) is 5.82 Å². The molecular weight excluding hydrogens is 440 g/mol. The van der Waals surface area contributed by atoms with Gasteiger partial charge in [0.1, 0.15) is 11.6 Å². The quantitative estimate of drug-likeness (QED) is 0.517. The molecule has 0 radical (unpaired) electrons. The minimum atomic E-state index is -0.0692. The predicted octanol–water partition coefficient (Wildman–Crippen LogP) is 4.30. The summed E-state index contributed by atoms with van der Waals surface area (Å²) < 4.78 is 10.8. The molecule has 0 spiro atoms. The van der Waals surface area contributed by atoms with Gasteiger partial charge in [-0.3, -0.25) is 4.79 Å². The predicted molar refractivity (Wildman–Crippen MR) is 126 cm³/mol. The molecule has 0 bridgehead atoms. The number of benzene rings is 1. The van der Waals surface area contributed by atoms with Gasteiger partial charge in [-0.15, -0.1) is 0 Å². The third-order valence-electron chi connectivity index (χ3n) is 6.18. The van der Waals surface area contributed by atoms with Crippen molar-refractivity contribution in [3.63, 3.8) is 0 Å². The highest BCUT2D eigenvalue weighted by Crippen LogP contribution is 2.40. The maximum atomic E-state index is 12.7. The SMILES string of the molecule is COCc1nc(C2CC2)nc(N2CCN(C(=O)c3ccco3)CC2)c1Cc1cccc(Cl)c1. The number of piperazine rings is 1. The van der Waals surface area contributed by atoms with Crippen molar-refractivity contribution < 1.29 is 13.9 Å².